The molecule has 5 atom stereocenters. The highest BCUT2D eigenvalue weighted by Gasteiger charge is 2.45. The lowest BCUT2D eigenvalue weighted by atomic mass is 10.1. The van der Waals surface area contributed by atoms with Gasteiger partial charge in [0.1, 0.15) is 18.3 Å². The van der Waals surface area contributed by atoms with E-state index in [1.165, 1.54) is 0 Å². The first kappa shape index (κ1) is 19.7. The molecule has 0 aromatic heterocycles. The summed E-state index contributed by atoms with van der Waals surface area (Å²) in [6.07, 6.45) is -7.76. The Morgan fingerprint density at radius 2 is 1.86 bits per heavy atom. The van der Waals surface area contributed by atoms with Gasteiger partial charge in [0.25, 0.3) is 0 Å². The van der Waals surface area contributed by atoms with Crippen molar-refractivity contribution in [2.45, 2.75) is 31.5 Å². The molecule has 1 aliphatic heterocycles. The minimum Gasteiger partial charge on any atom is -0.790 e. The fraction of sp³-hybridized carbons (Fsp3) is 0.875. The number of ether oxygens (including phenoxy) is 1. The van der Waals surface area contributed by atoms with Gasteiger partial charge in [-0.05, 0) is 0 Å². The third-order valence-electron chi connectivity index (χ3n) is 2.50. The molecule has 1 amide bonds. The topological polar surface area (TPSA) is 201 Å². The Bertz CT molecular complexity index is 492. The summed E-state index contributed by atoms with van der Waals surface area (Å²) >= 11 is 0. The first-order valence-electron chi connectivity index (χ1n) is 5.82. The van der Waals surface area contributed by atoms with Crippen LogP contribution in [0.3, 0.4) is 0 Å². The maximum Gasteiger partial charge on any atom is 0.217 e. The highest BCUT2D eigenvalue weighted by molar-refractivity contribution is 7.51. The van der Waals surface area contributed by atoms with Crippen LogP contribution < -0.4 is 20.0 Å². The molecule has 130 valence electrons. The van der Waals surface area contributed by atoms with Crippen LogP contribution in [0.1, 0.15) is 6.92 Å². The first-order valence-corrected chi connectivity index (χ1v) is 9.01. The average molecular weight is 362 g/mol. The molecule has 0 aromatic carbocycles. The van der Waals surface area contributed by atoms with Gasteiger partial charge in [-0.3, -0.25) is 4.79 Å². The van der Waals surface area contributed by atoms with Gasteiger partial charge in [-0.15, -0.1) is 0 Å². The number of rotatable bonds is 7. The van der Waals surface area contributed by atoms with Crippen molar-refractivity contribution in [1.29, 1.82) is 0 Å². The molecule has 0 radical (unpaired) electrons. The second-order valence-corrected chi connectivity index (χ2v) is 7.28. The molecule has 0 spiro atoms. The molecule has 1 unspecified atom stereocenters. The van der Waals surface area contributed by atoms with E-state index in [2.05, 4.69) is 9.05 Å². The number of aliphatic hydroxyl groups excluding tert-OH is 2. The normalized spacial score (nSPS) is 31.7. The van der Waals surface area contributed by atoms with E-state index >= 15 is 0 Å². The Labute approximate surface area is 124 Å². The summed E-state index contributed by atoms with van der Waals surface area (Å²) < 4.78 is 35.0. The number of hydrogen-bond acceptors (Lipinski definition) is 11. The van der Waals surface area contributed by atoms with Gasteiger partial charge in [-0.25, -0.2) is 0 Å². The van der Waals surface area contributed by atoms with E-state index in [-0.39, 0.29) is 0 Å². The molecule has 0 saturated carbocycles. The van der Waals surface area contributed by atoms with Crippen LogP contribution in [0.5, 0.6) is 0 Å². The predicted octanol–water partition coefficient (Wildman–Crippen LogP) is -4.06. The van der Waals surface area contributed by atoms with Crippen LogP contribution in [-0.2, 0) is 27.7 Å². The number of amides is 1. The molecule has 3 N–H and O–H groups in total. The Kier molecular flexibility index (Phi) is 6.66. The van der Waals surface area contributed by atoms with E-state index in [4.69, 9.17) is 4.74 Å². The van der Waals surface area contributed by atoms with Crippen LogP contribution in [0.4, 0.5) is 0 Å². The molecule has 0 bridgehead atoms. The maximum absolute atomic E-state index is 11.5. The van der Waals surface area contributed by atoms with E-state index in [9.17, 15) is 38.8 Å². The van der Waals surface area contributed by atoms with Crippen LogP contribution in [0, 0.1) is 0 Å². The van der Waals surface area contributed by atoms with Crippen LogP contribution in [0.15, 0.2) is 0 Å². The minimum atomic E-state index is -5.32. The van der Waals surface area contributed by atoms with Crippen molar-refractivity contribution in [1.82, 2.24) is 5.32 Å². The van der Waals surface area contributed by atoms with Gasteiger partial charge in [-0.2, -0.15) is 0 Å². The smallest absolute Gasteiger partial charge is 0.217 e. The maximum atomic E-state index is 11.5. The van der Waals surface area contributed by atoms with E-state index in [1.807, 2.05) is 5.32 Å². The molecule has 22 heavy (non-hydrogen) atoms. The van der Waals surface area contributed by atoms with Crippen molar-refractivity contribution in [3.63, 3.8) is 0 Å². The van der Waals surface area contributed by atoms with Gasteiger partial charge in [0, 0.05) is 6.92 Å². The summed E-state index contributed by atoms with van der Waals surface area (Å²) in [5, 5.41) is 21.1. The van der Waals surface area contributed by atoms with Crippen molar-refractivity contribution >= 4 is 21.3 Å². The molecule has 1 rings (SSSR count). The number of phosphoric ester groups is 1. The predicted molar refractivity (Wildman–Crippen MR) is 61.6 cm³/mol. The number of phosphoric acid groups is 1. The van der Waals surface area contributed by atoms with Gasteiger partial charge >= 0.3 is 0 Å². The summed E-state index contributed by atoms with van der Waals surface area (Å²) in [5.74, 6) is -0.638. The Balaban J connectivity index is 2.60. The third kappa shape index (κ3) is 6.39. The molecule has 12 nitrogen and oxygen atoms in total. The fourth-order valence-corrected chi connectivity index (χ4v) is 2.82. The molecule has 0 aromatic rings. The average Bonchev–Trinajstić information content (AvgIpc) is 2.61. The lowest BCUT2D eigenvalue weighted by Gasteiger charge is -2.30. The molecule has 1 saturated heterocycles. The van der Waals surface area contributed by atoms with Gasteiger partial charge in [0.2, 0.25) is 5.91 Å². The van der Waals surface area contributed by atoms with Crippen molar-refractivity contribution in [3.8, 4) is 0 Å². The second-order valence-electron chi connectivity index (χ2n) is 4.37. The quantitative estimate of drug-likeness (QED) is 0.372. The fourth-order valence-electron chi connectivity index (χ4n) is 1.51. The lowest BCUT2D eigenvalue weighted by molar-refractivity contribution is -0.343. The van der Waals surface area contributed by atoms with Crippen LogP contribution in [0.2, 0.25) is 0 Å². The van der Waals surface area contributed by atoms with Crippen molar-refractivity contribution in [2.24, 2.45) is 0 Å². The summed E-state index contributed by atoms with van der Waals surface area (Å²) in [4.78, 5) is 42.8. The number of hydrogen-bond donors (Lipinski definition) is 3. The molecule has 1 aliphatic rings. The van der Waals surface area contributed by atoms with Crippen molar-refractivity contribution in [2.75, 3.05) is 12.9 Å². The van der Waals surface area contributed by atoms with Gasteiger partial charge < -0.3 is 53.1 Å². The minimum absolute atomic E-state index is 0.638. The summed E-state index contributed by atoms with van der Waals surface area (Å²) in [7, 11) is -9.96. The molecular weight excluding hydrogens is 348 g/mol. The second kappa shape index (κ2) is 7.45. The van der Waals surface area contributed by atoms with Crippen LogP contribution in [-0.4, -0.2) is 53.6 Å². The van der Waals surface area contributed by atoms with E-state index < -0.39 is 58.8 Å². The standard InChI is InChI=1S/C8H17NO11P2/c1-4(10)9-3-21(13,14)20-8-7(12)6(11)5(19-8)2-18-22(15,16)17/h5-8,11-12H,2-3H2,1H3,(H,9,10)(H,13,14)(H2,15,16,17)/p-3/t5-,6-,7-,8-/m1/s1. The Morgan fingerprint density at radius 3 is 2.36 bits per heavy atom. The molecule has 1 fully saturated rings. The zero-order valence-electron chi connectivity index (χ0n) is 11.2. The SMILES string of the molecule is CC(=O)NCP(=O)([O-])O[C@H]1O[C@H](COP(=O)([O-])[O-])[C@@H](O)[C@H]1O. The van der Waals surface area contributed by atoms with Gasteiger partial charge in [-0.1, -0.05) is 0 Å². The molecule has 0 aliphatic carbocycles. The van der Waals surface area contributed by atoms with E-state index in [1.54, 1.807) is 0 Å². The Hall–Kier alpha value is -0.390. The van der Waals surface area contributed by atoms with Gasteiger partial charge in [0.05, 0.1) is 20.7 Å². The number of carbonyl (C=O) groups is 1. The highest BCUT2D eigenvalue weighted by atomic mass is 31.2. The highest BCUT2D eigenvalue weighted by Crippen LogP contribution is 2.41. The Morgan fingerprint density at radius 1 is 1.27 bits per heavy atom. The van der Waals surface area contributed by atoms with E-state index in [0.29, 0.717) is 0 Å². The number of nitrogens with one attached hydrogen (secondary N) is 1. The molecule has 1 heterocycles. The molecule has 14 heteroatoms. The summed E-state index contributed by atoms with van der Waals surface area (Å²) in [6.45, 7) is 0.152. The van der Waals surface area contributed by atoms with Crippen LogP contribution in [0.25, 0.3) is 0 Å². The monoisotopic (exact) mass is 362 g/mol. The number of aliphatic hydroxyl groups is 2. The zero-order valence-corrected chi connectivity index (χ0v) is 13.0. The molecular formula is C8H14NO11P2-3. The zero-order chi connectivity index (χ0) is 17.1. The van der Waals surface area contributed by atoms with Crippen LogP contribution >= 0.6 is 15.4 Å². The van der Waals surface area contributed by atoms with E-state index in [0.717, 1.165) is 6.92 Å². The van der Waals surface area contributed by atoms with Gasteiger partial charge in [0.15, 0.2) is 13.9 Å². The van der Waals surface area contributed by atoms with Crippen molar-refractivity contribution in [3.05, 3.63) is 0 Å². The third-order valence-corrected chi connectivity index (χ3v) is 4.04. The summed E-state index contributed by atoms with van der Waals surface area (Å²) in [6, 6.07) is 0. The lowest BCUT2D eigenvalue weighted by Crippen LogP contribution is -2.36. The largest absolute Gasteiger partial charge is 0.790 e. The number of carbonyl (C=O) groups excluding carboxylic acids is 1. The first-order chi connectivity index (χ1) is 9.91. The summed E-state index contributed by atoms with van der Waals surface area (Å²) in [5.41, 5.74) is 0. The van der Waals surface area contributed by atoms with Crippen molar-refractivity contribution < 1.29 is 52.6 Å².